The molecule has 1 N–H and O–H groups in total. The second-order valence-corrected chi connectivity index (χ2v) is 4.08. The topological polar surface area (TPSA) is 29.9 Å². The van der Waals surface area contributed by atoms with E-state index in [4.69, 9.17) is 0 Å². The summed E-state index contributed by atoms with van der Waals surface area (Å²) in [7, 11) is 1.93. The molecule has 0 atom stereocenters. The molecule has 18 heavy (non-hydrogen) atoms. The highest BCUT2D eigenvalue weighted by Gasteiger charge is 1.94. The van der Waals surface area contributed by atoms with Gasteiger partial charge in [0.2, 0.25) is 0 Å². The third-order valence-electron chi connectivity index (χ3n) is 2.55. The van der Waals surface area contributed by atoms with Crippen molar-refractivity contribution in [1.29, 1.82) is 0 Å². The molecule has 0 amide bonds. The van der Waals surface area contributed by atoms with E-state index in [1.807, 2.05) is 54.3 Å². The van der Waals surface area contributed by atoms with Gasteiger partial charge >= 0.3 is 0 Å². The van der Waals surface area contributed by atoms with Gasteiger partial charge in [0.1, 0.15) is 0 Å². The molecule has 2 rings (SSSR count). The van der Waals surface area contributed by atoms with Gasteiger partial charge in [-0.3, -0.25) is 4.68 Å². The van der Waals surface area contributed by atoms with Crippen LogP contribution in [0.5, 0.6) is 0 Å². The van der Waals surface area contributed by atoms with Crippen LogP contribution in [0.25, 0.3) is 0 Å². The Morgan fingerprint density at radius 2 is 2.06 bits per heavy atom. The van der Waals surface area contributed by atoms with Crippen LogP contribution < -0.4 is 5.32 Å². The fourth-order valence-corrected chi connectivity index (χ4v) is 1.63. The van der Waals surface area contributed by atoms with E-state index in [1.54, 1.807) is 0 Å². The summed E-state index contributed by atoms with van der Waals surface area (Å²) < 4.78 is 1.82. The SMILES string of the molecule is Cn1ccc(CCNCC#Cc2ccccc2)n1. The van der Waals surface area contributed by atoms with Gasteiger partial charge in [-0.05, 0) is 18.2 Å². The minimum atomic E-state index is 0.710. The van der Waals surface area contributed by atoms with Crippen molar-refractivity contribution >= 4 is 0 Å². The summed E-state index contributed by atoms with van der Waals surface area (Å²) in [6.07, 6.45) is 2.90. The maximum atomic E-state index is 4.32. The summed E-state index contributed by atoms with van der Waals surface area (Å²) in [5.74, 6) is 6.22. The highest BCUT2D eigenvalue weighted by molar-refractivity contribution is 5.33. The molecule has 0 fully saturated rings. The van der Waals surface area contributed by atoms with Crippen LogP contribution in [0, 0.1) is 11.8 Å². The predicted octanol–water partition coefficient (Wildman–Crippen LogP) is 1.60. The largest absolute Gasteiger partial charge is 0.306 e. The molecular weight excluding hydrogens is 222 g/mol. The molecule has 0 aliphatic rings. The van der Waals surface area contributed by atoms with Crippen LogP contribution in [0.3, 0.4) is 0 Å². The lowest BCUT2D eigenvalue weighted by Crippen LogP contribution is -2.17. The zero-order valence-electron chi connectivity index (χ0n) is 10.6. The average molecular weight is 239 g/mol. The first kappa shape index (κ1) is 12.4. The maximum Gasteiger partial charge on any atom is 0.0637 e. The van der Waals surface area contributed by atoms with E-state index in [1.165, 1.54) is 0 Å². The first-order valence-electron chi connectivity index (χ1n) is 6.08. The number of aromatic nitrogens is 2. The Bertz CT molecular complexity index is 532. The molecule has 92 valence electrons. The van der Waals surface area contributed by atoms with Crippen molar-refractivity contribution in [2.24, 2.45) is 7.05 Å². The van der Waals surface area contributed by atoms with Crippen molar-refractivity contribution in [2.45, 2.75) is 6.42 Å². The number of benzene rings is 1. The van der Waals surface area contributed by atoms with Gasteiger partial charge < -0.3 is 5.32 Å². The van der Waals surface area contributed by atoms with Crippen molar-refractivity contribution < 1.29 is 0 Å². The monoisotopic (exact) mass is 239 g/mol. The van der Waals surface area contributed by atoms with Crippen LogP contribution in [-0.4, -0.2) is 22.9 Å². The van der Waals surface area contributed by atoms with E-state index in [0.29, 0.717) is 6.54 Å². The first-order chi connectivity index (χ1) is 8.84. The van der Waals surface area contributed by atoms with E-state index >= 15 is 0 Å². The normalized spacial score (nSPS) is 9.83. The Kier molecular flexibility index (Phi) is 4.57. The number of nitrogens with zero attached hydrogens (tertiary/aromatic N) is 2. The number of nitrogens with one attached hydrogen (secondary N) is 1. The molecule has 0 saturated heterocycles. The fourth-order valence-electron chi connectivity index (χ4n) is 1.63. The molecule has 3 nitrogen and oxygen atoms in total. The lowest BCUT2D eigenvalue weighted by atomic mass is 10.2. The highest BCUT2D eigenvalue weighted by Crippen LogP contribution is 1.95. The van der Waals surface area contributed by atoms with Crippen LogP contribution in [0.2, 0.25) is 0 Å². The quantitative estimate of drug-likeness (QED) is 0.649. The smallest absolute Gasteiger partial charge is 0.0637 e. The van der Waals surface area contributed by atoms with Crippen molar-refractivity contribution in [2.75, 3.05) is 13.1 Å². The zero-order chi connectivity index (χ0) is 12.6. The molecule has 0 aliphatic carbocycles. The fraction of sp³-hybridized carbons (Fsp3) is 0.267. The molecule has 0 spiro atoms. The van der Waals surface area contributed by atoms with Gasteiger partial charge in [-0.2, -0.15) is 5.10 Å². The van der Waals surface area contributed by atoms with E-state index in [-0.39, 0.29) is 0 Å². The number of aryl methyl sites for hydroxylation is 1. The minimum absolute atomic E-state index is 0.710. The van der Waals surface area contributed by atoms with Gasteiger partial charge in [-0.15, -0.1) is 0 Å². The third-order valence-corrected chi connectivity index (χ3v) is 2.55. The van der Waals surface area contributed by atoms with Crippen molar-refractivity contribution in [3.8, 4) is 11.8 Å². The third kappa shape index (κ3) is 4.08. The maximum absolute atomic E-state index is 4.32. The van der Waals surface area contributed by atoms with Crippen molar-refractivity contribution in [3.05, 3.63) is 53.9 Å². The number of hydrogen-bond acceptors (Lipinski definition) is 2. The number of rotatable bonds is 4. The summed E-state index contributed by atoms with van der Waals surface area (Å²) in [4.78, 5) is 0. The van der Waals surface area contributed by atoms with Crippen molar-refractivity contribution in [3.63, 3.8) is 0 Å². The standard InChI is InChI=1S/C15H17N3/c1-18-13-10-15(17-18)9-12-16-11-5-8-14-6-3-2-4-7-14/h2-4,6-7,10,13,16H,9,11-12H2,1H3. The van der Waals surface area contributed by atoms with Gasteiger partial charge in [0.15, 0.2) is 0 Å². The molecule has 2 aromatic rings. The molecule has 0 bridgehead atoms. The predicted molar refractivity (Wildman–Crippen MR) is 73.1 cm³/mol. The highest BCUT2D eigenvalue weighted by atomic mass is 15.2. The molecule has 0 unspecified atom stereocenters. The summed E-state index contributed by atoms with van der Waals surface area (Å²) in [5.41, 5.74) is 2.17. The second kappa shape index (κ2) is 6.63. The van der Waals surface area contributed by atoms with Crippen LogP contribution in [0.4, 0.5) is 0 Å². The Balaban J connectivity index is 1.66. The van der Waals surface area contributed by atoms with Gasteiger partial charge in [0.05, 0.1) is 12.2 Å². The summed E-state index contributed by atoms with van der Waals surface area (Å²) in [5, 5.41) is 7.61. The molecule has 1 heterocycles. The van der Waals surface area contributed by atoms with E-state index in [2.05, 4.69) is 22.3 Å². The lowest BCUT2D eigenvalue weighted by Gasteiger charge is -1.97. The lowest BCUT2D eigenvalue weighted by molar-refractivity contribution is 0.703. The Labute approximate surface area is 108 Å². The van der Waals surface area contributed by atoms with E-state index < -0.39 is 0 Å². The van der Waals surface area contributed by atoms with Crippen LogP contribution >= 0.6 is 0 Å². The molecule has 0 aliphatic heterocycles. The molecule has 1 aromatic heterocycles. The minimum Gasteiger partial charge on any atom is -0.306 e. The van der Waals surface area contributed by atoms with Gasteiger partial charge in [0.25, 0.3) is 0 Å². The van der Waals surface area contributed by atoms with Gasteiger partial charge in [-0.25, -0.2) is 0 Å². The van der Waals surface area contributed by atoms with E-state index in [9.17, 15) is 0 Å². The van der Waals surface area contributed by atoms with Crippen LogP contribution in [0.1, 0.15) is 11.3 Å². The van der Waals surface area contributed by atoms with E-state index in [0.717, 1.165) is 24.2 Å². The molecule has 0 radical (unpaired) electrons. The Morgan fingerprint density at radius 3 is 2.78 bits per heavy atom. The Morgan fingerprint density at radius 1 is 1.22 bits per heavy atom. The summed E-state index contributed by atoms with van der Waals surface area (Å²) in [6.45, 7) is 1.61. The average Bonchev–Trinajstić information content (AvgIpc) is 2.81. The van der Waals surface area contributed by atoms with Gasteiger partial charge in [-0.1, -0.05) is 30.0 Å². The summed E-state index contributed by atoms with van der Waals surface area (Å²) >= 11 is 0. The summed E-state index contributed by atoms with van der Waals surface area (Å²) in [6, 6.07) is 12.1. The molecule has 0 saturated carbocycles. The zero-order valence-corrected chi connectivity index (χ0v) is 10.6. The van der Waals surface area contributed by atoms with Gasteiger partial charge in [0, 0.05) is 31.8 Å². The first-order valence-corrected chi connectivity index (χ1v) is 6.08. The Hall–Kier alpha value is -2.05. The van der Waals surface area contributed by atoms with Crippen molar-refractivity contribution in [1.82, 2.24) is 15.1 Å². The van der Waals surface area contributed by atoms with Crippen LogP contribution in [0.15, 0.2) is 42.6 Å². The number of hydrogen-bond donors (Lipinski definition) is 1. The molecular formula is C15H17N3. The second-order valence-electron chi connectivity index (χ2n) is 4.08. The molecule has 1 aromatic carbocycles. The molecule has 3 heteroatoms. The van der Waals surface area contributed by atoms with Crippen LogP contribution in [-0.2, 0) is 13.5 Å².